The number of nitrogens with zero attached hydrogens (tertiary/aromatic N) is 3. The number of rotatable bonds is 7. The van der Waals surface area contributed by atoms with E-state index in [9.17, 15) is 14.4 Å². The van der Waals surface area contributed by atoms with Crippen molar-refractivity contribution in [1.29, 1.82) is 0 Å². The van der Waals surface area contributed by atoms with Crippen molar-refractivity contribution in [1.82, 2.24) is 19.4 Å². The highest BCUT2D eigenvalue weighted by Crippen LogP contribution is 2.25. The van der Waals surface area contributed by atoms with Gasteiger partial charge in [-0.25, -0.2) is 14.3 Å². The van der Waals surface area contributed by atoms with E-state index < -0.39 is 11.2 Å². The van der Waals surface area contributed by atoms with Crippen LogP contribution < -0.4 is 16.6 Å². The van der Waals surface area contributed by atoms with Gasteiger partial charge >= 0.3 is 5.69 Å². The van der Waals surface area contributed by atoms with E-state index in [-0.39, 0.29) is 18.1 Å². The largest absolute Gasteiger partial charge is 0.354 e. The third kappa shape index (κ3) is 4.64. The number of para-hydroxylation sites is 1. The number of thiazole rings is 1. The van der Waals surface area contributed by atoms with Crippen molar-refractivity contribution < 1.29 is 4.79 Å². The molecular formula is C22H19ClN4O3S2. The van der Waals surface area contributed by atoms with E-state index >= 15 is 0 Å². The lowest BCUT2D eigenvalue weighted by atomic mass is 10.1. The zero-order valence-corrected chi connectivity index (χ0v) is 19.5. The molecule has 0 fully saturated rings. The maximum atomic E-state index is 13.3. The first-order valence-electron chi connectivity index (χ1n) is 9.75. The Morgan fingerprint density at radius 1 is 1.12 bits per heavy atom. The first-order chi connectivity index (χ1) is 15.5. The number of hydrogen-bond donors (Lipinski definition) is 1. The zero-order chi connectivity index (χ0) is 22.7. The molecule has 164 valence electrons. The second kappa shape index (κ2) is 9.72. The molecular weight excluding hydrogens is 468 g/mol. The number of aromatic nitrogens is 3. The van der Waals surface area contributed by atoms with Crippen LogP contribution in [0.5, 0.6) is 0 Å². The Bertz CT molecular complexity index is 1380. The lowest BCUT2D eigenvalue weighted by Gasteiger charge is -2.11. The smallest absolute Gasteiger partial charge is 0.337 e. The highest BCUT2D eigenvalue weighted by atomic mass is 35.5. The Balaban J connectivity index is 1.64. The van der Waals surface area contributed by atoms with E-state index in [1.165, 1.54) is 27.7 Å². The average Bonchev–Trinajstić information content (AvgIpc) is 3.24. The second-order valence-electron chi connectivity index (χ2n) is 6.91. The van der Waals surface area contributed by atoms with Gasteiger partial charge in [0, 0.05) is 11.6 Å². The van der Waals surface area contributed by atoms with Crippen LogP contribution in [-0.2, 0) is 17.8 Å². The summed E-state index contributed by atoms with van der Waals surface area (Å²) in [6.45, 7) is 0.171. The summed E-state index contributed by atoms with van der Waals surface area (Å²) >= 11 is 8.50. The van der Waals surface area contributed by atoms with Gasteiger partial charge in [0.15, 0.2) is 9.99 Å². The molecule has 0 saturated carbocycles. The lowest BCUT2D eigenvalue weighted by Crippen LogP contribution is -2.41. The molecule has 0 saturated heterocycles. The van der Waals surface area contributed by atoms with Crippen molar-refractivity contribution in [2.45, 2.75) is 17.3 Å². The fraction of sp³-hybridized carbons (Fsp3) is 0.182. The number of fused-ring (bicyclic) bond motifs is 1. The molecule has 4 aromatic rings. The maximum absolute atomic E-state index is 13.3. The van der Waals surface area contributed by atoms with Gasteiger partial charge in [0.2, 0.25) is 5.91 Å². The SMILES string of the molecule is CSc1nc2c(s1)c(=O)n(-c1ccccc1)c(=O)n2CC(=O)NCCc1ccc(Cl)cc1. The molecule has 2 heterocycles. The first kappa shape index (κ1) is 22.3. The summed E-state index contributed by atoms with van der Waals surface area (Å²) in [5.74, 6) is -0.334. The molecule has 2 aromatic carbocycles. The molecule has 7 nitrogen and oxygen atoms in total. The fourth-order valence-electron chi connectivity index (χ4n) is 3.25. The highest BCUT2D eigenvalue weighted by molar-refractivity contribution is 8.00. The normalized spacial score (nSPS) is 11.1. The van der Waals surface area contributed by atoms with Gasteiger partial charge in [-0.2, -0.15) is 0 Å². The van der Waals surface area contributed by atoms with Gasteiger partial charge in [-0.1, -0.05) is 53.7 Å². The minimum absolute atomic E-state index is 0.231. The number of benzene rings is 2. The molecule has 0 aliphatic rings. The molecule has 0 aliphatic heterocycles. The number of thioether (sulfide) groups is 1. The number of hydrogen-bond acceptors (Lipinski definition) is 6. The Kier molecular flexibility index (Phi) is 6.78. The van der Waals surface area contributed by atoms with E-state index in [4.69, 9.17) is 11.6 Å². The van der Waals surface area contributed by atoms with Gasteiger partial charge in [-0.05, 0) is 42.5 Å². The van der Waals surface area contributed by atoms with E-state index in [1.54, 1.807) is 42.5 Å². The Morgan fingerprint density at radius 2 is 1.84 bits per heavy atom. The van der Waals surface area contributed by atoms with E-state index in [0.717, 1.165) is 10.1 Å². The van der Waals surface area contributed by atoms with Crippen molar-refractivity contribution in [3.63, 3.8) is 0 Å². The zero-order valence-electron chi connectivity index (χ0n) is 17.1. The van der Waals surface area contributed by atoms with Crippen molar-refractivity contribution in [2.75, 3.05) is 12.8 Å². The number of amides is 1. The molecule has 0 aliphatic carbocycles. The summed E-state index contributed by atoms with van der Waals surface area (Å²) in [5, 5.41) is 3.49. The van der Waals surface area contributed by atoms with Gasteiger partial charge in [0.1, 0.15) is 11.2 Å². The summed E-state index contributed by atoms with van der Waals surface area (Å²) in [6.07, 6.45) is 2.48. The molecule has 0 unspecified atom stereocenters. The van der Waals surface area contributed by atoms with Gasteiger partial charge in [0.25, 0.3) is 5.56 Å². The Labute approximate surface area is 196 Å². The van der Waals surface area contributed by atoms with Crippen molar-refractivity contribution in [3.05, 3.63) is 86.0 Å². The Morgan fingerprint density at radius 3 is 2.53 bits per heavy atom. The number of carbonyl (C=O) groups is 1. The summed E-state index contributed by atoms with van der Waals surface area (Å²) < 4.78 is 3.34. The maximum Gasteiger partial charge on any atom is 0.337 e. The third-order valence-electron chi connectivity index (χ3n) is 4.80. The van der Waals surface area contributed by atoms with Crippen LogP contribution in [0.1, 0.15) is 5.56 Å². The number of nitrogens with one attached hydrogen (secondary N) is 1. The van der Waals surface area contributed by atoms with Crippen molar-refractivity contribution in [2.24, 2.45) is 0 Å². The molecule has 4 rings (SSSR count). The molecule has 1 amide bonds. The van der Waals surface area contributed by atoms with Crippen LogP contribution >= 0.6 is 34.7 Å². The number of carbonyl (C=O) groups excluding carboxylic acids is 1. The molecule has 2 aromatic heterocycles. The monoisotopic (exact) mass is 486 g/mol. The van der Waals surface area contributed by atoms with Crippen molar-refractivity contribution in [3.8, 4) is 5.69 Å². The van der Waals surface area contributed by atoms with Crippen LogP contribution in [0.4, 0.5) is 0 Å². The minimum atomic E-state index is -0.598. The number of halogens is 1. The van der Waals surface area contributed by atoms with Crippen LogP contribution in [0.25, 0.3) is 16.0 Å². The van der Waals surface area contributed by atoms with E-state index in [0.29, 0.717) is 32.7 Å². The predicted octanol–water partition coefficient (Wildman–Crippen LogP) is 3.34. The van der Waals surface area contributed by atoms with E-state index in [1.807, 2.05) is 18.4 Å². The Hall–Kier alpha value is -2.88. The quantitative estimate of drug-likeness (QED) is 0.405. The summed E-state index contributed by atoms with van der Waals surface area (Å²) in [5.41, 5.74) is 0.679. The second-order valence-corrected chi connectivity index (χ2v) is 9.40. The molecule has 0 atom stereocenters. The highest BCUT2D eigenvalue weighted by Gasteiger charge is 2.20. The van der Waals surface area contributed by atoms with Gasteiger partial charge < -0.3 is 5.32 Å². The average molecular weight is 487 g/mol. The summed E-state index contributed by atoms with van der Waals surface area (Å²) in [6, 6.07) is 16.1. The van der Waals surface area contributed by atoms with Gasteiger partial charge in [-0.3, -0.25) is 14.2 Å². The van der Waals surface area contributed by atoms with Crippen LogP contribution in [0.3, 0.4) is 0 Å². The topological polar surface area (TPSA) is 86.0 Å². The summed E-state index contributed by atoms with van der Waals surface area (Å²) in [7, 11) is 0. The van der Waals surface area contributed by atoms with Gasteiger partial charge in [0.05, 0.1) is 5.69 Å². The van der Waals surface area contributed by atoms with E-state index in [2.05, 4.69) is 10.3 Å². The fourth-order valence-corrected chi connectivity index (χ4v) is 4.87. The molecule has 0 spiro atoms. The molecule has 32 heavy (non-hydrogen) atoms. The standard InChI is InChI=1S/C22H19ClN4O3S2/c1-31-21-25-19-18(32-21)20(29)27(16-5-3-2-4-6-16)22(30)26(19)13-17(28)24-12-11-14-7-9-15(23)10-8-14/h2-10H,11-13H2,1H3,(H,24,28). The van der Waals surface area contributed by atoms with Crippen molar-refractivity contribution >= 4 is 51.0 Å². The predicted molar refractivity (Wildman–Crippen MR) is 129 cm³/mol. The minimum Gasteiger partial charge on any atom is -0.354 e. The lowest BCUT2D eigenvalue weighted by molar-refractivity contribution is -0.121. The van der Waals surface area contributed by atoms with Crippen LogP contribution in [0.2, 0.25) is 5.02 Å². The molecule has 0 radical (unpaired) electrons. The first-order valence-corrected chi connectivity index (χ1v) is 12.2. The molecule has 0 bridgehead atoms. The van der Waals surface area contributed by atoms with Crippen LogP contribution in [0.15, 0.2) is 68.5 Å². The van der Waals surface area contributed by atoms with Crippen LogP contribution in [-0.4, -0.2) is 32.8 Å². The summed E-state index contributed by atoms with van der Waals surface area (Å²) in [4.78, 5) is 43.4. The third-order valence-corrected chi connectivity index (χ3v) is 7.07. The van der Waals surface area contributed by atoms with Crippen LogP contribution in [0, 0.1) is 0 Å². The van der Waals surface area contributed by atoms with Gasteiger partial charge in [-0.15, -0.1) is 11.3 Å². The molecule has 10 heteroatoms. The molecule has 1 N–H and O–H groups in total.